The number of carbonyl (C=O) groups excluding carboxylic acids is 1. The highest BCUT2D eigenvalue weighted by Crippen LogP contribution is 1.97. The summed E-state index contributed by atoms with van der Waals surface area (Å²) in [6, 6.07) is 2.97. The number of esters is 1. The summed E-state index contributed by atoms with van der Waals surface area (Å²) >= 11 is 0. The molecule has 0 unspecified atom stereocenters. The molecule has 0 bridgehead atoms. The molecule has 3 heteroatoms. The van der Waals surface area contributed by atoms with Crippen LogP contribution in [0.2, 0.25) is 0 Å². The van der Waals surface area contributed by atoms with E-state index in [2.05, 4.69) is 54.1 Å². The standard InChI is InChI=1S/C15H21NO2/c1-4-7-11-16(12-8-5-2)13-9-10-14-18-15(17)6-3/h6H,3-5,7-8,11-12H2,1-2H3. The van der Waals surface area contributed by atoms with E-state index in [0.29, 0.717) is 0 Å². The zero-order valence-electron chi connectivity index (χ0n) is 11.3. The van der Waals surface area contributed by atoms with Gasteiger partial charge in [-0.15, -0.1) is 0 Å². The van der Waals surface area contributed by atoms with E-state index in [1.54, 1.807) is 0 Å². The van der Waals surface area contributed by atoms with Crippen molar-refractivity contribution in [3.05, 3.63) is 12.7 Å². The molecule has 0 atom stereocenters. The van der Waals surface area contributed by atoms with E-state index in [-0.39, 0.29) is 0 Å². The van der Waals surface area contributed by atoms with Gasteiger partial charge in [0.05, 0.1) is 0 Å². The highest BCUT2D eigenvalue weighted by atomic mass is 16.5. The third kappa shape index (κ3) is 9.36. The first-order valence-corrected chi connectivity index (χ1v) is 6.33. The molecule has 18 heavy (non-hydrogen) atoms. The summed E-state index contributed by atoms with van der Waals surface area (Å²) in [5, 5.41) is 0. The summed E-state index contributed by atoms with van der Waals surface area (Å²) in [5.74, 6) is 4.62. The Bertz CT molecular complexity index is 357. The lowest BCUT2D eigenvalue weighted by atomic mass is 10.3. The normalized spacial score (nSPS) is 8.33. The molecule has 0 heterocycles. The first-order chi connectivity index (χ1) is 8.74. The molecule has 0 aromatic heterocycles. The van der Waals surface area contributed by atoms with Gasteiger partial charge in [0.15, 0.2) is 0 Å². The predicted octanol–water partition coefficient (Wildman–Crippen LogP) is 2.54. The van der Waals surface area contributed by atoms with Gasteiger partial charge < -0.3 is 9.64 Å². The number of ether oxygens (including phenoxy) is 1. The molecular formula is C15H21NO2. The van der Waals surface area contributed by atoms with Crippen molar-refractivity contribution in [2.24, 2.45) is 0 Å². The second-order valence-electron chi connectivity index (χ2n) is 3.78. The molecule has 0 fully saturated rings. The SMILES string of the molecule is C=CC(=O)OC#CC#CN(CCCC)CCCC. The van der Waals surface area contributed by atoms with E-state index >= 15 is 0 Å². The summed E-state index contributed by atoms with van der Waals surface area (Å²) in [6.45, 7) is 9.49. The largest absolute Gasteiger partial charge is 0.368 e. The fourth-order valence-corrected chi connectivity index (χ4v) is 1.17. The number of carbonyl (C=O) groups is 1. The quantitative estimate of drug-likeness (QED) is 0.300. The molecule has 0 saturated carbocycles. The van der Waals surface area contributed by atoms with Gasteiger partial charge in [-0.2, -0.15) is 0 Å². The van der Waals surface area contributed by atoms with Crippen molar-refractivity contribution in [3.63, 3.8) is 0 Å². The second-order valence-corrected chi connectivity index (χ2v) is 3.78. The molecule has 0 aliphatic rings. The fraction of sp³-hybridized carbons (Fsp3) is 0.533. The summed E-state index contributed by atoms with van der Waals surface area (Å²) < 4.78 is 4.50. The number of hydrogen-bond acceptors (Lipinski definition) is 3. The van der Waals surface area contributed by atoms with Crippen molar-refractivity contribution < 1.29 is 9.53 Å². The Morgan fingerprint density at radius 2 is 1.83 bits per heavy atom. The Balaban J connectivity index is 4.20. The Labute approximate surface area is 110 Å². The van der Waals surface area contributed by atoms with Crippen LogP contribution in [0.5, 0.6) is 0 Å². The van der Waals surface area contributed by atoms with Gasteiger partial charge in [-0.1, -0.05) is 33.3 Å². The lowest BCUT2D eigenvalue weighted by molar-refractivity contribution is -0.131. The highest BCUT2D eigenvalue weighted by molar-refractivity contribution is 5.82. The van der Waals surface area contributed by atoms with Crippen LogP contribution in [0, 0.1) is 24.0 Å². The molecule has 3 nitrogen and oxygen atoms in total. The Hall–Kier alpha value is -1.87. The zero-order chi connectivity index (χ0) is 13.6. The van der Waals surface area contributed by atoms with Crippen LogP contribution in [0.1, 0.15) is 39.5 Å². The van der Waals surface area contributed by atoms with E-state index in [0.717, 1.165) is 44.8 Å². The minimum absolute atomic E-state index is 0.557. The third-order valence-electron chi connectivity index (χ3n) is 2.21. The molecule has 0 radical (unpaired) electrons. The van der Waals surface area contributed by atoms with Crippen molar-refractivity contribution in [2.75, 3.05) is 13.1 Å². The van der Waals surface area contributed by atoms with Crippen molar-refractivity contribution in [1.29, 1.82) is 0 Å². The van der Waals surface area contributed by atoms with Crippen LogP contribution in [-0.4, -0.2) is 24.0 Å². The Kier molecular flexibility index (Phi) is 10.4. The van der Waals surface area contributed by atoms with Gasteiger partial charge in [0.1, 0.15) is 6.11 Å². The topological polar surface area (TPSA) is 29.5 Å². The molecular weight excluding hydrogens is 226 g/mol. The molecule has 98 valence electrons. The number of hydrogen-bond donors (Lipinski definition) is 0. The van der Waals surface area contributed by atoms with Gasteiger partial charge in [-0.05, 0) is 12.8 Å². The average Bonchev–Trinajstić information content (AvgIpc) is 2.40. The van der Waals surface area contributed by atoms with Gasteiger partial charge >= 0.3 is 5.97 Å². The van der Waals surface area contributed by atoms with Crippen molar-refractivity contribution >= 4 is 5.97 Å². The van der Waals surface area contributed by atoms with Gasteiger partial charge in [-0.25, -0.2) is 4.79 Å². The molecule has 0 spiro atoms. The van der Waals surface area contributed by atoms with E-state index < -0.39 is 5.97 Å². The molecule has 0 amide bonds. The van der Waals surface area contributed by atoms with Crippen LogP contribution < -0.4 is 0 Å². The van der Waals surface area contributed by atoms with Gasteiger partial charge in [0.25, 0.3) is 0 Å². The maximum absolute atomic E-state index is 10.7. The molecule has 0 aliphatic carbocycles. The van der Waals surface area contributed by atoms with Crippen LogP contribution in [0.4, 0.5) is 0 Å². The Morgan fingerprint density at radius 3 is 2.33 bits per heavy atom. The smallest absolute Gasteiger partial charge is 0.344 e. The minimum Gasteiger partial charge on any atom is -0.368 e. The lowest BCUT2D eigenvalue weighted by Crippen LogP contribution is -2.20. The van der Waals surface area contributed by atoms with Crippen LogP contribution >= 0.6 is 0 Å². The predicted molar refractivity (Wildman–Crippen MR) is 73.2 cm³/mol. The van der Waals surface area contributed by atoms with Gasteiger partial charge in [0, 0.05) is 37.1 Å². The molecule has 0 aromatic rings. The van der Waals surface area contributed by atoms with E-state index in [9.17, 15) is 4.79 Å². The monoisotopic (exact) mass is 247 g/mol. The van der Waals surface area contributed by atoms with Gasteiger partial charge in [-0.3, -0.25) is 0 Å². The molecule has 0 saturated heterocycles. The second kappa shape index (κ2) is 11.6. The number of rotatable bonds is 7. The van der Waals surface area contributed by atoms with Crippen molar-refractivity contribution in [3.8, 4) is 24.0 Å². The van der Waals surface area contributed by atoms with Gasteiger partial charge in [0.2, 0.25) is 0 Å². The number of unbranched alkanes of at least 4 members (excludes halogenated alkanes) is 2. The first kappa shape index (κ1) is 16.1. The van der Waals surface area contributed by atoms with E-state index in [4.69, 9.17) is 0 Å². The molecule has 0 N–H and O–H groups in total. The first-order valence-electron chi connectivity index (χ1n) is 6.33. The molecule has 0 rings (SSSR count). The summed E-state index contributed by atoms with van der Waals surface area (Å²) in [4.78, 5) is 12.8. The van der Waals surface area contributed by atoms with E-state index in [1.165, 1.54) is 0 Å². The van der Waals surface area contributed by atoms with E-state index in [1.807, 2.05) is 0 Å². The summed E-state index contributed by atoms with van der Waals surface area (Å²) in [7, 11) is 0. The highest BCUT2D eigenvalue weighted by Gasteiger charge is 1.97. The van der Waals surface area contributed by atoms with Crippen LogP contribution in [0.3, 0.4) is 0 Å². The maximum Gasteiger partial charge on any atom is 0.344 e. The Morgan fingerprint density at radius 1 is 1.22 bits per heavy atom. The number of nitrogens with zero attached hydrogens (tertiary/aromatic N) is 1. The average molecular weight is 247 g/mol. The summed E-state index contributed by atoms with van der Waals surface area (Å²) in [5.41, 5.74) is 0. The maximum atomic E-state index is 10.7. The molecule has 0 aliphatic heterocycles. The van der Waals surface area contributed by atoms with Crippen LogP contribution in [-0.2, 0) is 9.53 Å². The van der Waals surface area contributed by atoms with Crippen LogP contribution in [0.25, 0.3) is 0 Å². The third-order valence-corrected chi connectivity index (χ3v) is 2.21. The zero-order valence-corrected chi connectivity index (χ0v) is 11.3. The summed E-state index contributed by atoms with van der Waals surface area (Å²) in [6.07, 6.45) is 7.84. The molecule has 0 aromatic carbocycles. The van der Waals surface area contributed by atoms with Crippen molar-refractivity contribution in [2.45, 2.75) is 39.5 Å². The minimum atomic E-state index is -0.557. The van der Waals surface area contributed by atoms with Crippen LogP contribution in [0.15, 0.2) is 12.7 Å². The fourth-order valence-electron chi connectivity index (χ4n) is 1.17. The van der Waals surface area contributed by atoms with Crippen molar-refractivity contribution in [1.82, 2.24) is 4.90 Å². The lowest BCUT2D eigenvalue weighted by Gasteiger charge is -2.15.